The third-order valence-corrected chi connectivity index (χ3v) is 8.06. The van der Waals surface area contributed by atoms with Crippen LogP contribution in [0.25, 0.3) is 0 Å². The van der Waals surface area contributed by atoms with E-state index in [1.807, 2.05) is 0 Å². The molecule has 1 aromatic rings. The van der Waals surface area contributed by atoms with Gasteiger partial charge in [-0.25, -0.2) is 9.78 Å². The van der Waals surface area contributed by atoms with Gasteiger partial charge < -0.3 is 70.0 Å². The highest BCUT2D eigenvalue weighted by molar-refractivity contribution is 5.97. The molecule has 0 saturated heterocycles. The molecule has 9 amide bonds. The molecular weight excluding hydrogens is 744 g/mol. The molecule has 24 nitrogen and oxygen atoms in total. The summed E-state index contributed by atoms with van der Waals surface area (Å²) in [5.41, 5.74) is 21.6. The monoisotopic (exact) mass is 796 g/mol. The Labute approximate surface area is 320 Å². The van der Waals surface area contributed by atoms with Crippen molar-refractivity contribution in [3.05, 3.63) is 18.2 Å². The molecule has 312 valence electrons. The normalized spacial score (nSPS) is 14.7. The molecule has 1 rings (SSSR count). The largest absolute Gasteiger partial charge is 0.480 e. The van der Waals surface area contributed by atoms with E-state index in [-0.39, 0.29) is 19.3 Å². The van der Waals surface area contributed by atoms with Gasteiger partial charge >= 0.3 is 5.97 Å². The van der Waals surface area contributed by atoms with Gasteiger partial charge in [-0.2, -0.15) is 0 Å². The van der Waals surface area contributed by atoms with Crippen molar-refractivity contribution in [1.82, 2.24) is 41.9 Å². The van der Waals surface area contributed by atoms with Crippen LogP contribution in [0, 0.1) is 5.92 Å². The first kappa shape index (κ1) is 47.9. The van der Waals surface area contributed by atoms with Crippen molar-refractivity contribution in [3.8, 4) is 0 Å². The molecule has 1 aromatic heterocycles. The molecule has 56 heavy (non-hydrogen) atoms. The van der Waals surface area contributed by atoms with Crippen molar-refractivity contribution in [1.29, 1.82) is 0 Å². The number of aliphatic hydroxyl groups is 1. The van der Waals surface area contributed by atoms with Gasteiger partial charge in [0, 0.05) is 31.9 Å². The Kier molecular flexibility index (Phi) is 20.1. The molecule has 24 heteroatoms. The summed E-state index contributed by atoms with van der Waals surface area (Å²) in [6.45, 7) is 3.33. The van der Waals surface area contributed by atoms with Crippen LogP contribution in [0.5, 0.6) is 0 Å². The van der Waals surface area contributed by atoms with Gasteiger partial charge in [0.25, 0.3) is 0 Å². The van der Waals surface area contributed by atoms with Crippen LogP contribution in [0.2, 0.25) is 0 Å². The minimum atomic E-state index is -1.71. The maximum Gasteiger partial charge on any atom is 0.326 e. The van der Waals surface area contributed by atoms with Gasteiger partial charge in [0.05, 0.1) is 24.7 Å². The maximum absolute atomic E-state index is 13.5. The van der Waals surface area contributed by atoms with E-state index in [9.17, 15) is 58.2 Å². The number of carbonyl (C=O) groups is 10. The van der Waals surface area contributed by atoms with Crippen LogP contribution < -0.4 is 54.8 Å². The fourth-order valence-corrected chi connectivity index (χ4v) is 4.82. The number of nitrogens with one attached hydrogen (secondary N) is 7. The summed E-state index contributed by atoms with van der Waals surface area (Å²) in [5.74, 6) is -10.4. The number of aliphatic hydroxyl groups excluding tert-OH is 1. The quantitative estimate of drug-likeness (QED) is 0.0415. The molecule has 0 saturated carbocycles. The number of primary amides is 3. The predicted molar refractivity (Wildman–Crippen MR) is 192 cm³/mol. The Morgan fingerprint density at radius 2 is 1.11 bits per heavy atom. The van der Waals surface area contributed by atoms with Gasteiger partial charge in [0.15, 0.2) is 0 Å². The molecule has 0 radical (unpaired) electrons. The number of hydrogen-bond donors (Lipinski definition) is 13. The molecule has 7 atom stereocenters. The van der Waals surface area contributed by atoms with E-state index in [1.165, 1.54) is 19.4 Å². The third kappa shape index (κ3) is 17.3. The van der Waals surface area contributed by atoms with Gasteiger partial charge in [0.1, 0.15) is 36.3 Å². The summed E-state index contributed by atoms with van der Waals surface area (Å²) in [7, 11) is 0. The van der Waals surface area contributed by atoms with Crippen molar-refractivity contribution in [2.45, 2.75) is 108 Å². The number of H-pyrrole nitrogens is 1. The highest BCUT2D eigenvalue weighted by Gasteiger charge is 2.34. The topological polar surface area (TPSA) is 416 Å². The van der Waals surface area contributed by atoms with Crippen molar-refractivity contribution in [2.75, 3.05) is 6.61 Å². The van der Waals surface area contributed by atoms with Crippen LogP contribution in [0.3, 0.4) is 0 Å². The van der Waals surface area contributed by atoms with Crippen LogP contribution in [0.15, 0.2) is 12.5 Å². The number of aromatic amines is 1. The Morgan fingerprint density at radius 1 is 0.643 bits per heavy atom. The number of nitrogens with two attached hydrogens (primary N) is 4. The molecule has 0 unspecified atom stereocenters. The SMILES string of the molecule is CC(C)[C@H](NC(=O)[C@H](CCC(N)=O)NC(=O)[C@H](CCC(N)=O)NC(=O)[C@H](CO)NC(=O)[C@H](C)NC(=O)[C@@H](N)CCC(N)=O)C(=O)N[C@@H](Cc1c[nH]cn1)C(=O)O. The number of nitrogens with zero attached hydrogens (tertiary/aromatic N) is 1. The number of aliphatic carboxylic acids is 1. The maximum atomic E-state index is 13.5. The van der Waals surface area contributed by atoms with Gasteiger partial charge in [0.2, 0.25) is 53.2 Å². The van der Waals surface area contributed by atoms with Crippen LogP contribution in [-0.2, 0) is 54.4 Å². The lowest BCUT2D eigenvalue weighted by Crippen LogP contribution is -2.60. The fourth-order valence-electron chi connectivity index (χ4n) is 4.82. The summed E-state index contributed by atoms with van der Waals surface area (Å²) in [5, 5.41) is 33.4. The number of hydrogen-bond acceptors (Lipinski definition) is 13. The van der Waals surface area contributed by atoms with Crippen LogP contribution in [0.4, 0.5) is 0 Å². The molecule has 1 heterocycles. The molecule has 0 aliphatic rings. The molecule has 0 aliphatic heterocycles. The van der Waals surface area contributed by atoms with Crippen molar-refractivity contribution >= 4 is 59.1 Å². The highest BCUT2D eigenvalue weighted by atomic mass is 16.4. The second-order valence-corrected chi connectivity index (χ2v) is 13.1. The number of carbonyl (C=O) groups excluding carboxylic acids is 9. The second-order valence-electron chi connectivity index (χ2n) is 13.1. The Bertz CT molecular complexity index is 1570. The van der Waals surface area contributed by atoms with Crippen molar-refractivity contribution in [3.63, 3.8) is 0 Å². The average Bonchev–Trinajstić information content (AvgIpc) is 3.63. The summed E-state index contributed by atoms with van der Waals surface area (Å²) >= 11 is 0. The van der Waals surface area contributed by atoms with E-state index in [1.54, 1.807) is 13.8 Å². The number of imidazole rings is 1. The van der Waals surface area contributed by atoms with E-state index in [2.05, 4.69) is 41.9 Å². The van der Waals surface area contributed by atoms with E-state index in [0.717, 1.165) is 0 Å². The Morgan fingerprint density at radius 3 is 1.55 bits per heavy atom. The van der Waals surface area contributed by atoms with E-state index >= 15 is 0 Å². The lowest BCUT2D eigenvalue weighted by Gasteiger charge is -2.28. The second kappa shape index (κ2) is 23.6. The van der Waals surface area contributed by atoms with Gasteiger partial charge in [-0.05, 0) is 32.1 Å². The minimum absolute atomic E-state index is 0.106. The first-order valence-corrected chi connectivity index (χ1v) is 17.4. The molecule has 17 N–H and O–H groups in total. The number of rotatable bonds is 26. The number of carboxylic acid groups (broad SMARTS) is 1. The Hall–Kier alpha value is -6.17. The van der Waals surface area contributed by atoms with Gasteiger partial charge in [-0.3, -0.25) is 43.2 Å². The summed E-state index contributed by atoms with van der Waals surface area (Å²) in [4.78, 5) is 131. The van der Waals surface area contributed by atoms with Gasteiger partial charge in [-0.1, -0.05) is 13.8 Å². The summed E-state index contributed by atoms with van der Waals surface area (Å²) < 4.78 is 0. The van der Waals surface area contributed by atoms with Gasteiger partial charge in [-0.15, -0.1) is 0 Å². The zero-order valence-corrected chi connectivity index (χ0v) is 31.2. The zero-order valence-electron chi connectivity index (χ0n) is 31.2. The van der Waals surface area contributed by atoms with Crippen molar-refractivity contribution in [2.24, 2.45) is 28.9 Å². The van der Waals surface area contributed by atoms with Crippen LogP contribution in [-0.4, -0.2) is 128 Å². The first-order chi connectivity index (χ1) is 26.2. The fraction of sp³-hybridized carbons (Fsp3) is 0.594. The number of carboxylic acids is 1. The average molecular weight is 797 g/mol. The molecule has 0 bridgehead atoms. The molecule has 0 aliphatic carbocycles. The molecule has 0 fully saturated rings. The third-order valence-electron chi connectivity index (χ3n) is 8.06. The molecule has 0 spiro atoms. The summed E-state index contributed by atoms with van der Waals surface area (Å²) in [6, 6.07) is -10.2. The zero-order chi connectivity index (χ0) is 42.7. The minimum Gasteiger partial charge on any atom is -0.480 e. The van der Waals surface area contributed by atoms with E-state index in [4.69, 9.17) is 22.9 Å². The smallest absolute Gasteiger partial charge is 0.326 e. The lowest BCUT2D eigenvalue weighted by molar-refractivity contribution is -0.142. The van der Waals surface area contributed by atoms with E-state index < -0.39 is 140 Å². The van der Waals surface area contributed by atoms with E-state index in [0.29, 0.717) is 5.69 Å². The molecular formula is C32H52N12O12. The van der Waals surface area contributed by atoms with Crippen LogP contribution >= 0.6 is 0 Å². The number of aromatic nitrogens is 2. The highest BCUT2D eigenvalue weighted by Crippen LogP contribution is 2.09. The first-order valence-electron chi connectivity index (χ1n) is 17.4. The number of amides is 9. The standard InChI is InChI=1S/C32H52N12O12/c1-14(2)25(31(54)42-20(32(55)56)10-16-11-37-13-38-16)44-29(52)19(6-9-24(36)48)40-28(51)18(5-8-23(35)47)41-30(53)21(12-45)43-26(49)15(3)39-27(50)17(33)4-7-22(34)46/h11,13-15,17-21,25,45H,4-10,12,33H2,1-3H3,(H2,34,46)(H2,35,47)(H2,36,48)(H,37,38)(H,39,50)(H,40,51)(H,41,53)(H,42,54)(H,43,49)(H,44,52)(H,55,56)/t15-,17-,18-,19-,20-,21-,25-/m0/s1. The summed E-state index contributed by atoms with van der Waals surface area (Å²) in [6.07, 6.45) is 0.513. The van der Waals surface area contributed by atoms with Crippen LogP contribution in [0.1, 0.15) is 65.0 Å². The lowest BCUT2D eigenvalue weighted by atomic mass is 10.0. The van der Waals surface area contributed by atoms with Crippen molar-refractivity contribution < 1.29 is 58.2 Å². The predicted octanol–water partition coefficient (Wildman–Crippen LogP) is -6.26. The Balaban J connectivity index is 3.16. The molecule has 0 aromatic carbocycles.